The van der Waals surface area contributed by atoms with Gasteiger partial charge < -0.3 is 10.3 Å². The number of aromatic nitrogens is 1. The second-order valence-corrected chi connectivity index (χ2v) is 3.74. The van der Waals surface area contributed by atoms with E-state index >= 15 is 0 Å². The average molecular weight is 212 g/mol. The first kappa shape index (κ1) is 10.8. The Hall–Kier alpha value is -1.72. The highest BCUT2D eigenvalue weighted by Crippen LogP contribution is 2.20. The Morgan fingerprint density at radius 3 is 2.94 bits per heavy atom. The van der Waals surface area contributed by atoms with Crippen molar-refractivity contribution < 1.29 is 0 Å². The summed E-state index contributed by atoms with van der Waals surface area (Å²) in [5.41, 5.74) is 8.17. The van der Waals surface area contributed by atoms with Gasteiger partial charge in [0.05, 0.1) is 0 Å². The van der Waals surface area contributed by atoms with Crippen LogP contribution in [0.25, 0.3) is 10.9 Å². The number of hydrogen-bond acceptors (Lipinski definition) is 1. The molecule has 1 heterocycles. The van der Waals surface area contributed by atoms with Gasteiger partial charge in [0.1, 0.15) is 0 Å². The molecule has 0 saturated carbocycles. The predicted molar refractivity (Wildman–Crippen MR) is 67.9 cm³/mol. The number of nitrogens with two attached hydrogens (primary N) is 1. The molecule has 1 aromatic carbocycles. The number of fused-ring (bicyclic) bond motifs is 1. The summed E-state index contributed by atoms with van der Waals surface area (Å²) in [6.45, 7) is 3.41. The maximum atomic E-state index is 5.72. The molecule has 2 rings (SSSR count). The van der Waals surface area contributed by atoms with Crippen LogP contribution in [-0.4, -0.2) is 4.57 Å². The lowest BCUT2D eigenvalue weighted by atomic mass is 10.1. The first-order valence-corrected chi connectivity index (χ1v) is 5.53. The van der Waals surface area contributed by atoms with Gasteiger partial charge in [0.15, 0.2) is 0 Å². The first-order valence-electron chi connectivity index (χ1n) is 5.53. The fourth-order valence-electron chi connectivity index (χ4n) is 1.96. The summed E-state index contributed by atoms with van der Waals surface area (Å²) in [7, 11) is 0. The van der Waals surface area contributed by atoms with Crippen molar-refractivity contribution in [1.29, 1.82) is 0 Å². The number of aryl methyl sites for hydroxylation is 1. The van der Waals surface area contributed by atoms with Gasteiger partial charge in [0.25, 0.3) is 0 Å². The van der Waals surface area contributed by atoms with E-state index in [4.69, 9.17) is 5.73 Å². The fraction of sp³-hybridized carbons (Fsp3) is 0.286. The van der Waals surface area contributed by atoms with E-state index in [0.717, 1.165) is 13.0 Å². The van der Waals surface area contributed by atoms with E-state index in [1.54, 1.807) is 0 Å². The van der Waals surface area contributed by atoms with Gasteiger partial charge >= 0.3 is 0 Å². The van der Waals surface area contributed by atoms with Gasteiger partial charge in [-0.15, -0.1) is 11.8 Å². The molecule has 0 atom stereocenters. The molecule has 0 unspecified atom stereocenters. The van der Waals surface area contributed by atoms with E-state index in [1.807, 2.05) is 6.92 Å². The number of nitrogens with zero attached hydrogens (tertiary/aromatic N) is 1. The topological polar surface area (TPSA) is 30.9 Å². The van der Waals surface area contributed by atoms with Crippen LogP contribution in [-0.2, 0) is 13.1 Å². The van der Waals surface area contributed by atoms with E-state index < -0.39 is 0 Å². The second-order valence-electron chi connectivity index (χ2n) is 3.74. The largest absolute Gasteiger partial charge is 0.347 e. The zero-order valence-electron chi connectivity index (χ0n) is 9.53. The van der Waals surface area contributed by atoms with Crippen molar-refractivity contribution in [3.05, 3.63) is 36.0 Å². The smallest absolute Gasteiger partial charge is 0.0483 e. The Balaban J connectivity index is 2.36. The Labute approximate surface area is 96.1 Å². The molecule has 2 nitrogen and oxygen atoms in total. The van der Waals surface area contributed by atoms with Gasteiger partial charge in [-0.1, -0.05) is 12.1 Å². The van der Waals surface area contributed by atoms with Crippen molar-refractivity contribution in [2.24, 2.45) is 5.73 Å². The molecule has 0 aliphatic heterocycles. The lowest BCUT2D eigenvalue weighted by Gasteiger charge is -2.04. The zero-order chi connectivity index (χ0) is 11.4. The van der Waals surface area contributed by atoms with Gasteiger partial charge in [0.2, 0.25) is 0 Å². The van der Waals surface area contributed by atoms with Gasteiger partial charge in [-0.2, -0.15) is 0 Å². The third-order valence-corrected chi connectivity index (χ3v) is 2.78. The van der Waals surface area contributed by atoms with Crippen LogP contribution in [0.15, 0.2) is 30.5 Å². The summed E-state index contributed by atoms with van der Waals surface area (Å²) in [6.07, 6.45) is 3.01. The molecular weight excluding hydrogens is 196 g/mol. The van der Waals surface area contributed by atoms with E-state index in [9.17, 15) is 0 Å². The molecule has 0 fully saturated rings. The molecule has 0 spiro atoms. The van der Waals surface area contributed by atoms with Crippen LogP contribution in [0.2, 0.25) is 0 Å². The normalized spacial score (nSPS) is 10.1. The first-order chi connectivity index (χ1) is 7.86. The minimum Gasteiger partial charge on any atom is -0.347 e. The summed E-state index contributed by atoms with van der Waals surface area (Å²) >= 11 is 0. The van der Waals surface area contributed by atoms with Crippen LogP contribution in [0.5, 0.6) is 0 Å². The van der Waals surface area contributed by atoms with Crippen molar-refractivity contribution in [2.45, 2.75) is 26.4 Å². The number of benzene rings is 1. The Morgan fingerprint density at radius 2 is 2.19 bits per heavy atom. The van der Waals surface area contributed by atoms with Crippen LogP contribution in [0.4, 0.5) is 0 Å². The highest BCUT2D eigenvalue weighted by atomic mass is 14.9. The zero-order valence-corrected chi connectivity index (χ0v) is 9.53. The van der Waals surface area contributed by atoms with Gasteiger partial charge in [0, 0.05) is 36.6 Å². The van der Waals surface area contributed by atoms with Crippen molar-refractivity contribution in [3.8, 4) is 11.8 Å². The van der Waals surface area contributed by atoms with E-state index in [2.05, 4.69) is 46.9 Å². The highest BCUT2D eigenvalue weighted by molar-refractivity contribution is 5.83. The maximum absolute atomic E-state index is 5.72. The summed E-state index contributed by atoms with van der Waals surface area (Å²) in [5, 5.41) is 1.26. The highest BCUT2D eigenvalue weighted by Gasteiger charge is 2.03. The van der Waals surface area contributed by atoms with Crippen LogP contribution < -0.4 is 5.73 Å². The van der Waals surface area contributed by atoms with Crippen LogP contribution >= 0.6 is 0 Å². The second kappa shape index (κ2) is 4.87. The number of rotatable bonds is 3. The van der Waals surface area contributed by atoms with Crippen molar-refractivity contribution in [3.63, 3.8) is 0 Å². The molecule has 0 bridgehead atoms. The molecule has 0 aliphatic carbocycles. The van der Waals surface area contributed by atoms with Crippen LogP contribution in [0.1, 0.15) is 18.9 Å². The molecule has 0 saturated heterocycles. The number of hydrogen-bond donors (Lipinski definition) is 1. The minimum absolute atomic E-state index is 0.593. The Kier molecular flexibility index (Phi) is 3.28. The fourth-order valence-corrected chi connectivity index (χ4v) is 1.96. The Bertz CT molecular complexity index is 541. The van der Waals surface area contributed by atoms with Crippen molar-refractivity contribution in [1.82, 2.24) is 4.57 Å². The van der Waals surface area contributed by atoms with E-state index in [-0.39, 0.29) is 0 Å². The molecule has 0 radical (unpaired) electrons. The average Bonchev–Trinajstić information content (AvgIpc) is 2.73. The van der Waals surface area contributed by atoms with Gasteiger partial charge in [-0.25, -0.2) is 0 Å². The maximum Gasteiger partial charge on any atom is 0.0483 e. The Morgan fingerprint density at radius 1 is 1.31 bits per heavy atom. The third kappa shape index (κ3) is 1.95. The summed E-state index contributed by atoms with van der Waals surface area (Å²) in [5.74, 6) is 6.00. The van der Waals surface area contributed by atoms with Crippen LogP contribution in [0, 0.1) is 11.8 Å². The minimum atomic E-state index is 0.593. The standard InChI is InChI=1S/C14H16N2/c1-2-3-4-9-16-10-8-13-12(11-15)6-5-7-14(13)16/h5-8,10H,4,9,11,15H2,1H3. The lowest BCUT2D eigenvalue weighted by Crippen LogP contribution is -1.98. The van der Waals surface area contributed by atoms with Crippen molar-refractivity contribution in [2.75, 3.05) is 0 Å². The molecular formula is C14H16N2. The summed E-state index contributed by atoms with van der Waals surface area (Å²) < 4.78 is 2.23. The SMILES string of the molecule is CC#CCCn1ccc2c(CN)cccc21. The van der Waals surface area contributed by atoms with Crippen molar-refractivity contribution >= 4 is 10.9 Å². The molecule has 0 aliphatic rings. The molecule has 2 heteroatoms. The molecule has 0 amide bonds. The summed E-state index contributed by atoms with van der Waals surface area (Å²) in [4.78, 5) is 0. The van der Waals surface area contributed by atoms with Gasteiger partial charge in [-0.3, -0.25) is 0 Å². The molecule has 2 N–H and O–H groups in total. The lowest BCUT2D eigenvalue weighted by molar-refractivity contribution is 0.749. The van der Waals surface area contributed by atoms with Gasteiger partial charge in [-0.05, 0) is 24.6 Å². The third-order valence-electron chi connectivity index (χ3n) is 2.78. The van der Waals surface area contributed by atoms with E-state index in [1.165, 1.54) is 16.5 Å². The summed E-state index contributed by atoms with van der Waals surface area (Å²) in [6, 6.07) is 8.41. The van der Waals surface area contributed by atoms with E-state index in [0.29, 0.717) is 6.54 Å². The van der Waals surface area contributed by atoms with Crippen LogP contribution in [0.3, 0.4) is 0 Å². The molecule has 16 heavy (non-hydrogen) atoms. The monoisotopic (exact) mass is 212 g/mol. The molecule has 1 aromatic heterocycles. The molecule has 2 aromatic rings. The molecule has 82 valence electrons. The predicted octanol–water partition coefficient (Wildman–Crippen LogP) is 2.51. The quantitative estimate of drug-likeness (QED) is 0.779.